The number of carbonyl (C=O) groups excluding carboxylic acids is 1. The topological polar surface area (TPSA) is 70.2 Å². The molecular weight excluding hydrogens is 400 g/mol. The van der Waals surface area contributed by atoms with Gasteiger partial charge in [0.2, 0.25) is 0 Å². The van der Waals surface area contributed by atoms with Crippen LogP contribution in [-0.4, -0.2) is 37.1 Å². The van der Waals surface area contributed by atoms with Crippen LogP contribution < -0.4 is 15.0 Å². The van der Waals surface area contributed by atoms with E-state index in [1.807, 2.05) is 98.0 Å². The molecule has 0 fully saturated rings. The van der Waals surface area contributed by atoms with Gasteiger partial charge in [-0.3, -0.25) is 4.79 Å². The minimum absolute atomic E-state index is 0.0981. The van der Waals surface area contributed by atoms with Gasteiger partial charge in [-0.05, 0) is 48.0 Å². The first-order valence-electron chi connectivity index (χ1n) is 10.4. The van der Waals surface area contributed by atoms with E-state index in [1.54, 1.807) is 7.11 Å². The maximum absolute atomic E-state index is 12.5. The normalized spacial score (nSPS) is 10.6. The summed E-state index contributed by atoms with van der Waals surface area (Å²) in [6, 6.07) is 23.4. The van der Waals surface area contributed by atoms with Crippen LogP contribution in [0.3, 0.4) is 0 Å². The highest BCUT2D eigenvalue weighted by Gasteiger charge is 2.09. The third-order valence-electron chi connectivity index (χ3n) is 5.26. The molecule has 1 amide bonds. The monoisotopic (exact) mass is 426 g/mol. The van der Waals surface area contributed by atoms with Gasteiger partial charge in [-0.1, -0.05) is 30.3 Å². The number of benzene rings is 3. The molecule has 4 aromatic rings. The number of H-pyrrole nitrogens is 1. The SMILES string of the molecule is COc1cccc(-c2cnc(-c3cccc(CNC(=O)c4ccc(N(C)C)cc4)c3)[nH]2)c1. The molecule has 0 aliphatic rings. The van der Waals surface area contributed by atoms with Crippen molar-refractivity contribution in [1.29, 1.82) is 0 Å². The van der Waals surface area contributed by atoms with E-state index in [-0.39, 0.29) is 5.91 Å². The maximum Gasteiger partial charge on any atom is 0.251 e. The van der Waals surface area contributed by atoms with Gasteiger partial charge in [0.1, 0.15) is 11.6 Å². The molecule has 1 aromatic heterocycles. The van der Waals surface area contributed by atoms with Gasteiger partial charge in [0.25, 0.3) is 5.91 Å². The van der Waals surface area contributed by atoms with Crippen LogP contribution in [0.2, 0.25) is 0 Å². The van der Waals surface area contributed by atoms with Gasteiger partial charge < -0.3 is 19.9 Å². The van der Waals surface area contributed by atoms with Crippen LogP contribution in [0.25, 0.3) is 22.6 Å². The fraction of sp³-hybridized carbons (Fsp3) is 0.154. The van der Waals surface area contributed by atoms with Crippen LogP contribution in [0.4, 0.5) is 5.69 Å². The lowest BCUT2D eigenvalue weighted by molar-refractivity contribution is 0.0951. The van der Waals surface area contributed by atoms with Crippen LogP contribution in [-0.2, 0) is 6.54 Å². The highest BCUT2D eigenvalue weighted by molar-refractivity contribution is 5.94. The van der Waals surface area contributed by atoms with Crippen molar-refractivity contribution in [3.8, 4) is 28.4 Å². The zero-order valence-corrected chi connectivity index (χ0v) is 18.4. The number of amides is 1. The van der Waals surface area contributed by atoms with E-state index in [0.717, 1.165) is 39.6 Å². The number of hydrogen-bond donors (Lipinski definition) is 2. The summed E-state index contributed by atoms with van der Waals surface area (Å²) in [7, 11) is 5.60. The lowest BCUT2D eigenvalue weighted by Gasteiger charge is -2.12. The Kier molecular flexibility index (Phi) is 6.22. The Hall–Kier alpha value is -4.06. The van der Waals surface area contributed by atoms with Gasteiger partial charge in [-0.2, -0.15) is 0 Å². The number of aromatic amines is 1. The summed E-state index contributed by atoms with van der Waals surface area (Å²) in [4.78, 5) is 22.4. The van der Waals surface area contributed by atoms with E-state index >= 15 is 0 Å². The van der Waals surface area contributed by atoms with E-state index in [2.05, 4.69) is 15.3 Å². The molecule has 2 N–H and O–H groups in total. The van der Waals surface area contributed by atoms with Crippen molar-refractivity contribution in [1.82, 2.24) is 15.3 Å². The number of anilines is 1. The number of nitrogens with zero attached hydrogens (tertiary/aromatic N) is 2. The fourth-order valence-corrected chi connectivity index (χ4v) is 3.43. The molecule has 0 radical (unpaired) electrons. The van der Waals surface area contributed by atoms with E-state index in [0.29, 0.717) is 12.1 Å². The van der Waals surface area contributed by atoms with Gasteiger partial charge in [0.15, 0.2) is 0 Å². The van der Waals surface area contributed by atoms with Crippen LogP contribution in [0.5, 0.6) is 5.75 Å². The van der Waals surface area contributed by atoms with Crippen molar-refractivity contribution in [2.75, 3.05) is 26.1 Å². The van der Waals surface area contributed by atoms with E-state index in [1.165, 1.54) is 0 Å². The molecule has 4 rings (SSSR count). The second kappa shape index (κ2) is 9.39. The molecule has 0 aliphatic heterocycles. The van der Waals surface area contributed by atoms with Crippen LogP contribution >= 0.6 is 0 Å². The quantitative estimate of drug-likeness (QED) is 0.448. The summed E-state index contributed by atoms with van der Waals surface area (Å²) in [6.07, 6.45) is 1.82. The lowest BCUT2D eigenvalue weighted by Crippen LogP contribution is -2.22. The Balaban J connectivity index is 1.44. The first kappa shape index (κ1) is 21.2. The van der Waals surface area contributed by atoms with Crippen molar-refractivity contribution in [3.63, 3.8) is 0 Å². The number of hydrogen-bond acceptors (Lipinski definition) is 4. The Morgan fingerprint density at radius 3 is 2.50 bits per heavy atom. The van der Waals surface area contributed by atoms with Gasteiger partial charge in [-0.25, -0.2) is 4.98 Å². The summed E-state index contributed by atoms with van der Waals surface area (Å²) in [6.45, 7) is 0.436. The summed E-state index contributed by atoms with van der Waals surface area (Å²) in [5, 5.41) is 2.99. The van der Waals surface area contributed by atoms with Crippen molar-refractivity contribution in [2.45, 2.75) is 6.54 Å². The lowest BCUT2D eigenvalue weighted by atomic mass is 10.1. The molecule has 0 bridgehead atoms. The average Bonchev–Trinajstić information content (AvgIpc) is 3.33. The van der Waals surface area contributed by atoms with Gasteiger partial charge >= 0.3 is 0 Å². The van der Waals surface area contributed by atoms with Crippen molar-refractivity contribution >= 4 is 11.6 Å². The van der Waals surface area contributed by atoms with Crippen molar-refractivity contribution in [2.24, 2.45) is 0 Å². The molecule has 6 nitrogen and oxygen atoms in total. The third-order valence-corrected chi connectivity index (χ3v) is 5.26. The molecule has 0 aliphatic carbocycles. The zero-order chi connectivity index (χ0) is 22.5. The van der Waals surface area contributed by atoms with E-state index in [4.69, 9.17) is 4.74 Å². The molecule has 6 heteroatoms. The first-order valence-corrected chi connectivity index (χ1v) is 10.4. The average molecular weight is 427 g/mol. The number of rotatable bonds is 7. The third kappa shape index (κ3) is 4.81. The Labute approximate surface area is 187 Å². The highest BCUT2D eigenvalue weighted by Crippen LogP contribution is 2.25. The molecule has 0 saturated carbocycles. The second-order valence-corrected chi connectivity index (χ2v) is 7.70. The molecule has 0 saturated heterocycles. The molecule has 0 atom stereocenters. The van der Waals surface area contributed by atoms with Crippen molar-refractivity contribution in [3.05, 3.63) is 90.1 Å². The summed E-state index contributed by atoms with van der Waals surface area (Å²) in [5.41, 5.74) is 5.58. The molecule has 0 unspecified atom stereocenters. The number of ether oxygens (including phenoxy) is 1. The largest absolute Gasteiger partial charge is 0.497 e. The molecule has 3 aromatic carbocycles. The van der Waals surface area contributed by atoms with Gasteiger partial charge in [0.05, 0.1) is 19.0 Å². The van der Waals surface area contributed by atoms with Crippen LogP contribution in [0.1, 0.15) is 15.9 Å². The molecular formula is C26H26N4O2. The van der Waals surface area contributed by atoms with Crippen LogP contribution in [0.15, 0.2) is 79.0 Å². The summed E-state index contributed by atoms with van der Waals surface area (Å²) >= 11 is 0. The minimum Gasteiger partial charge on any atom is -0.497 e. The molecule has 1 heterocycles. The molecule has 0 spiro atoms. The minimum atomic E-state index is -0.0981. The van der Waals surface area contributed by atoms with Crippen LogP contribution in [0, 0.1) is 0 Å². The van der Waals surface area contributed by atoms with Gasteiger partial charge in [-0.15, -0.1) is 0 Å². The summed E-state index contributed by atoms with van der Waals surface area (Å²) in [5.74, 6) is 1.47. The van der Waals surface area contributed by atoms with Crippen molar-refractivity contribution < 1.29 is 9.53 Å². The number of carbonyl (C=O) groups is 1. The summed E-state index contributed by atoms with van der Waals surface area (Å²) < 4.78 is 5.31. The Bertz CT molecular complexity index is 1210. The number of imidazole rings is 1. The Morgan fingerprint density at radius 1 is 1.00 bits per heavy atom. The predicted molar refractivity (Wildman–Crippen MR) is 128 cm³/mol. The second-order valence-electron chi connectivity index (χ2n) is 7.70. The standard InChI is InChI=1S/C26H26N4O2/c1-30(2)22-12-10-19(11-13-22)26(31)28-16-18-6-4-8-21(14-18)25-27-17-24(29-25)20-7-5-9-23(15-20)32-3/h4-15,17H,16H2,1-3H3,(H,27,29)(H,28,31). The van der Waals surface area contributed by atoms with Gasteiger partial charge in [0, 0.05) is 43.0 Å². The zero-order valence-electron chi connectivity index (χ0n) is 18.4. The predicted octanol–water partition coefficient (Wildman–Crippen LogP) is 4.75. The number of methoxy groups -OCH3 is 1. The Morgan fingerprint density at radius 2 is 1.75 bits per heavy atom. The number of aromatic nitrogens is 2. The smallest absolute Gasteiger partial charge is 0.251 e. The molecule has 162 valence electrons. The van der Waals surface area contributed by atoms with E-state index < -0.39 is 0 Å². The fourth-order valence-electron chi connectivity index (χ4n) is 3.43. The number of nitrogens with one attached hydrogen (secondary N) is 2. The first-order chi connectivity index (χ1) is 15.5. The molecule has 32 heavy (non-hydrogen) atoms. The van der Waals surface area contributed by atoms with E-state index in [9.17, 15) is 4.79 Å². The highest BCUT2D eigenvalue weighted by atomic mass is 16.5. The maximum atomic E-state index is 12.5.